The molecule has 4 bridgehead atoms. The van der Waals surface area contributed by atoms with Crippen LogP contribution >= 0.6 is 0 Å². The zero-order valence-electron chi connectivity index (χ0n) is 33.6. The molecule has 5 aliphatic rings. The van der Waals surface area contributed by atoms with Gasteiger partial charge in [0.15, 0.2) is 5.82 Å². The number of allylic oxidation sites excluding steroid dienone is 3. The van der Waals surface area contributed by atoms with E-state index >= 15 is 0 Å². The van der Waals surface area contributed by atoms with Gasteiger partial charge in [-0.3, -0.25) is 0 Å². The van der Waals surface area contributed by atoms with Crippen LogP contribution in [0.2, 0.25) is 0 Å². The third-order valence-electron chi connectivity index (χ3n) is 14.3. The normalized spacial score (nSPS) is 25.4. The zero-order valence-corrected chi connectivity index (χ0v) is 33.6. The van der Waals surface area contributed by atoms with Gasteiger partial charge < -0.3 is 9.64 Å². The molecule has 1 spiro atoms. The molecule has 3 aliphatic carbocycles. The highest BCUT2D eigenvalue weighted by Crippen LogP contribution is 2.69. The SMILES string of the molecule is CC1C2=C3C(C)C4=C1C(C)(c1ccccc1)C=CC4(C)N(c1ccccc1-c1ccccc1)c1ccc4c(c1)C3(c1ccccc1O2)c1cc(-c2ncccn2)ccc1-4. The van der Waals surface area contributed by atoms with Gasteiger partial charge in [0.05, 0.1) is 16.6 Å². The minimum atomic E-state index is -0.637. The Bertz CT molecular complexity index is 2990. The van der Waals surface area contributed by atoms with Crippen molar-refractivity contribution >= 4 is 11.4 Å². The lowest BCUT2D eigenvalue weighted by Crippen LogP contribution is -2.53. The van der Waals surface area contributed by atoms with Crippen molar-refractivity contribution in [1.82, 2.24) is 9.97 Å². The van der Waals surface area contributed by atoms with Gasteiger partial charge in [0.2, 0.25) is 0 Å². The van der Waals surface area contributed by atoms with Crippen LogP contribution in [-0.4, -0.2) is 15.5 Å². The Morgan fingerprint density at radius 3 is 2.02 bits per heavy atom. The van der Waals surface area contributed by atoms with Gasteiger partial charge in [-0.1, -0.05) is 141 Å². The number of para-hydroxylation sites is 2. The number of nitrogens with zero attached hydrogens (tertiary/aromatic N) is 3. The van der Waals surface area contributed by atoms with E-state index in [2.05, 4.69) is 190 Å². The van der Waals surface area contributed by atoms with Crippen molar-refractivity contribution in [3.05, 3.63) is 221 Å². The van der Waals surface area contributed by atoms with E-state index in [4.69, 9.17) is 14.7 Å². The van der Waals surface area contributed by atoms with Crippen LogP contribution in [0.3, 0.4) is 0 Å². The minimum absolute atomic E-state index is 0.0152. The second-order valence-corrected chi connectivity index (χ2v) is 17.2. The van der Waals surface area contributed by atoms with Gasteiger partial charge in [-0.15, -0.1) is 0 Å². The van der Waals surface area contributed by atoms with Crippen molar-refractivity contribution in [1.29, 1.82) is 0 Å². The highest BCUT2D eigenvalue weighted by molar-refractivity contribution is 5.94. The molecule has 0 saturated heterocycles. The molecule has 0 fully saturated rings. The summed E-state index contributed by atoms with van der Waals surface area (Å²) in [5.41, 5.74) is 15.9. The highest BCUT2D eigenvalue weighted by atomic mass is 16.5. The summed E-state index contributed by atoms with van der Waals surface area (Å²) in [5.74, 6) is 2.66. The third kappa shape index (κ3) is 4.38. The molecule has 59 heavy (non-hydrogen) atoms. The largest absolute Gasteiger partial charge is 0.461 e. The zero-order chi connectivity index (χ0) is 39.7. The molecular formula is C55H43N3O. The van der Waals surface area contributed by atoms with Crippen molar-refractivity contribution in [2.75, 3.05) is 4.90 Å². The number of rotatable bonds is 4. The van der Waals surface area contributed by atoms with Crippen LogP contribution in [0, 0.1) is 11.8 Å². The molecule has 7 aromatic rings. The van der Waals surface area contributed by atoms with Crippen molar-refractivity contribution in [3.63, 3.8) is 0 Å². The number of anilines is 2. The Morgan fingerprint density at radius 2 is 1.22 bits per heavy atom. The summed E-state index contributed by atoms with van der Waals surface area (Å²) >= 11 is 0. The van der Waals surface area contributed by atoms with Gasteiger partial charge in [0, 0.05) is 52.0 Å². The Labute approximate surface area is 345 Å². The fourth-order valence-electron chi connectivity index (χ4n) is 12.0. The summed E-state index contributed by atoms with van der Waals surface area (Å²) in [5, 5.41) is 0. The number of hydrogen-bond acceptors (Lipinski definition) is 4. The summed E-state index contributed by atoms with van der Waals surface area (Å²) < 4.78 is 7.39. The van der Waals surface area contributed by atoms with Crippen LogP contribution < -0.4 is 9.64 Å². The molecule has 12 rings (SSSR count). The molecule has 6 aromatic carbocycles. The maximum atomic E-state index is 7.39. The third-order valence-corrected chi connectivity index (χ3v) is 14.3. The van der Waals surface area contributed by atoms with Gasteiger partial charge in [0.25, 0.3) is 0 Å². The van der Waals surface area contributed by atoms with E-state index in [1.54, 1.807) is 0 Å². The van der Waals surface area contributed by atoms with Crippen molar-refractivity contribution < 1.29 is 4.74 Å². The molecule has 0 N–H and O–H groups in total. The van der Waals surface area contributed by atoms with Crippen LogP contribution in [0.5, 0.6) is 5.75 Å². The van der Waals surface area contributed by atoms with Crippen LogP contribution in [0.25, 0.3) is 33.6 Å². The second kappa shape index (κ2) is 12.1. The number of benzene rings is 6. The molecule has 4 nitrogen and oxygen atoms in total. The van der Waals surface area contributed by atoms with Crippen LogP contribution in [0.15, 0.2) is 199 Å². The highest BCUT2D eigenvalue weighted by Gasteiger charge is 2.61. The summed E-state index contributed by atoms with van der Waals surface area (Å²) in [6.07, 6.45) is 8.69. The number of fused-ring (bicyclic) bond motifs is 4. The first kappa shape index (κ1) is 34.3. The van der Waals surface area contributed by atoms with Crippen molar-refractivity contribution in [2.24, 2.45) is 11.8 Å². The molecule has 2 aliphatic heterocycles. The van der Waals surface area contributed by atoms with Crippen LogP contribution in [-0.2, 0) is 10.8 Å². The number of ether oxygens (including phenoxy) is 1. The molecule has 0 amide bonds. The lowest BCUT2D eigenvalue weighted by molar-refractivity contribution is 0.296. The fraction of sp³-hybridized carbons (Fsp3) is 0.164. The Kier molecular flexibility index (Phi) is 7.04. The lowest BCUT2D eigenvalue weighted by Gasteiger charge is -2.56. The van der Waals surface area contributed by atoms with E-state index in [9.17, 15) is 0 Å². The predicted octanol–water partition coefficient (Wildman–Crippen LogP) is 12.8. The number of aromatic nitrogens is 2. The Hall–Kier alpha value is -6.78. The van der Waals surface area contributed by atoms with Gasteiger partial charge in [-0.2, -0.15) is 0 Å². The molecule has 1 aromatic heterocycles. The molecule has 0 saturated carbocycles. The Balaban J connectivity index is 1.25. The lowest BCUT2D eigenvalue weighted by atomic mass is 9.52. The van der Waals surface area contributed by atoms with E-state index in [-0.39, 0.29) is 17.3 Å². The molecule has 284 valence electrons. The van der Waals surface area contributed by atoms with E-state index in [1.165, 1.54) is 66.9 Å². The average Bonchev–Trinajstić information content (AvgIpc) is 3.56. The van der Waals surface area contributed by atoms with E-state index < -0.39 is 11.0 Å². The van der Waals surface area contributed by atoms with Gasteiger partial charge in [-0.25, -0.2) is 9.97 Å². The van der Waals surface area contributed by atoms with Crippen molar-refractivity contribution in [3.8, 4) is 39.4 Å². The van der Waals surface area contributed by atoms with E-state index in [0.717, 1.165) is 28.6 Å². The maximum absolute atomic E-state index is 7.39. The first-order valence-electron chi connectivity index (χ1n) is 20.9. The molecular weight excluding hydrogens is 719 g/mol. The fourth-order valence-corrected chi connectivity index (χ4v) is 12.0. The predicted molar refractivity (Wildman–Crippen MR) is 238 cm³/mol. The van der Waals surface area contributed by atoms with Gasteiger partial charge in [-0.05, 0) is 100 Å². The molecule has 4 heteroatoms. The molecule has 0 radical (unpaired) electrons. The standard InChI is InChI=1S/C55H43N3O/c1-34-49-48-35(2)51-50(34)55(43-21-12-14-23-47(43)59-51)44-32-37(52-56-30-15-31-57-52)24-26-41(44)42-27-25-39(33-45(42)55)58(46-22-13-11-20-40(46)36-16-7-5-8-17-36)54(49,4)29-28-53(48,3)38-18-9-6-10-19-38/h5-35H,1-4H3. The molecule has 5 unspecified atom stereocenters. The van der Waals surface area contributed by atoms with E-state index in [1.807, 2.05) is 18.5 Å². The van der Waals surface area contributed by atoms with Crippen molar-refractivity contribution in [2.45, 2.75) is 44.1 Å². The monoisotopic (exact) mass is 761 g/mol. The van der Waals surface area contributed by atoms with Crippen LogP contribution in [0.1, 0.15) is 49.9 Å². The smallest absolute Gasteiger partial charge is 0.159 e. The van der Waals surface area contributed by atoms with E-state index in [0.29, 0.717) is 0 Å². The summed E-state index contributed by atoms with van der Waals surface area (Å²) in [4.78, 5) is 12.1. The molecule has 3 heterocycles. The Morgan fingerprint density at radius 1 is 0.542 bits per heavy atom. The average molecular weight is 762 g/mol. The summed E-state index contributed by atoms with van der Waals surface area (Å²) in [6, 6.07) is 55.8. The van der Waals surface area contributed by atoms with Gasteiger partial charge in [0.1, 0.15) is 11.5 Å². The summed E-state index contributed by atoms with van der Waals surface area (Å²) in [7, 11) is 0. The molecule has 5 atom stereocenters. The quantitative estimate of drug-likeness (QED) is 0.167. The minimum Gasteiger partial charge on any atom is -0.461 e. The van der Waals surface area contributed by atoms with Gasteiger partial charge >= 0.3 is 0 Å². The second-order valence-electron chi connectivity index (χ2n) is 17.2. The topological polar surface area (TPSA) is 38.2 Å². The number of hydrogen-bond donors (Lipinski definition) is 0. The van der Waals surface area contributed by atoms with Crippen LogP contribution in [0.4, 0.5) is 11.4 Å². The first-order valence-corrected chi connectivity index (χ1v) is 20.9. The summed E-state index contributed by atoms with van der Waals surface area (Å²) in [6.45, 7) is 9.75. The first-order chi connectivity index (χ1) is 28.8. The maximum Gasteiger partial charge on any atom is 0.159 e.